The number of benzene rings is 3. The highest BCUT2D eigenvalue weighted by molar-refractivity contribution is 6.11. The van der Waals surface area contributed by atoms with E-state index in [0.717, 1.165) is 4.90 Å². The molecule has 1 heterocycles. The minimum atomic E-state index is -2.99. The van der Waals surface area contributed by atoms with Gasteiger partial charge in [-0.05, 0) is 61.0 Å². The van der Waals surface area contributed by atoms with Crippen LogP contribution in [0.25, 0.3) is 0 Å². The Hall–Kier alpha value is -4.60. The maximum atomic E-state index is 13.1. The maximum Gasteiger partial charge on any atom is 0.387 e. The van der Waals surface area contributed by atoms with E-state index in [0.29, 0.717) is 16.8 Å². The van der Waals surface area contributed by atoms with Crippen molar-refractivity contribution in [2.75, 3.05) is 11.9 Å². The first-order valence-corrected chi connectivity index (χ1v) is 10.9. The average molecular weight is 493 g/mol. The number of hydrogen-bond donors (Lipinski definition) is 2. The number of imide groups is 1. The molecule has 2 N–H and O–H groups in total. The Kier molecular flexibility index (Phi) is 6.77. The fourth-order valence-electron chi connectivity index (χ4n) is 3.77. The summed E-state index contributed by atoms with van der Waals surface area (Å²) in [5, 5.41) is 5.28. The van der Waals surface area contributed by atoms with E-state index in [1.807, 2.05) is 0 Å². The van der Waals surface area contributed by atoms with Crippen molar-refractivity contribution in [3.8, 4) is 5.75 Å². The van der Waals surface area contributed by atoms with Crippen molar-refractivity contribution in [1.29, 1.82) is 0 Å². The lowest BCUT2D eigenvalue weighted by Crippen LogP contribution is -2.41. The van der Waals surface area contributed by atoms with Crippen molar-refractivity contribution in [1.82, 2.24) is 10.2 Å². The number of ether oxygens (including phenoxy) is 1. The van der Waals surface area contributed by atoms with E-state index in [-0.39, 0.29) is 17.2 Å². The van der Waals surface area contributed by atoms with Crippen LogP contribution in [0.15, 0.2) is 78.9 Å². The van der Waals surface area contributed by atoms with Crippen LogP contribution in [0.3, 0.4) is 0 Å². The van der Waals surface area contributed by atoms with Gasteiger partial charge in [-0.2, -0.15) is 8.78 Å². The fourth-order valence-corrected chi connectivity index (χ4v) is 3.77. The van der Waals surface area contributed by atoms with Gasteiger partial charge in [0, 0.05) is 16.8 Å². The molecule has 36 heavy (non-hydrogen) atoms. The molecule has 1 atom stereocenters. The number of ketones is 1. The van der Waals surface area contributed by atoms with Gasteiger partial charge in [0.15, 0.2) is 5.78 Å². The highest BCUT2D eigenvalue weighted by atomic mass is 19.3. The number of anilines is 1. The molecule has 1 fully saturated rings. The van der Waals surface area contributed by atoms with E-state index in [1.54, 1.807) is 42.5 Å². The molecule has 1 unspecified atom stereocenters. The lowest BCUT2D eigenvalue weighted by atomic mass is 9.92. The molecule has 0 aromatic heterocycles. The van der Waals surface area contributed by atoms with Crippen LogP contribution in [-0.2, 0) is 10.3 Å². The van der Waals surface area contributed by atoms with Gasteiger partial charge in [-0.25, -0.2) is 4.79 Å². The summed E-state index contributed by atoms with van der Waals surface area (Å²) < 4.78 is 29.1. The molecule has 1 saturated heterocycles. The lowest BCUT2D eigenvalue weighted by molar-refractivity contribution is -0.130. The summed E-state index contributed by atoms with van der Waals surface area (Å²) in [6.07, 6.45) is 0. The second kappa shape index (κ2) is 9.95. The van der Waals surface area contributed by atoms with Crippen LogP contribution in [0.4, 0.5) is 19.3 Å². The van der Waals surface area contributed by atoms with E-state index >= 15 is 0 Å². The van der Waals surface area contributed by atoms with E-state index in [4.69, 9.17) is 0 Å². The van der Waals surface area contributed by atoms with Crippen LogP contribution in [0.1, 0.15) is 33.2 Å². The molecule has 184 valence electrons. The monoisotopic (exact) mass is 493 g/mol. The van der Waals surface area contributed by atoms with Gasteiger partial charge in [0.2, 0.25) is 0 Å². The number of urea groups is 1. The third-order valence-corrected chi connectivity index (χ3v) is 5.73. The molecule has 0 spiro atoms. The number of halogens is 2. The molecule has 1 aliphatic heterocycles. The van der Waals surface area contributed by atoms with E-state index < -0.39 is 36.4 Å². The minimum Gasteiger partial charge on any atom is -0.435 e. The molecule has 0 bridgehead atoms. The predicted molar refractivity (Wildman–Crippen MR) is 126 cm³/mol. The summed E-state index contributed by atoms with van der Waals surface area (Å²) in [5.74, 6) is -1.54. The molecule has 0 radical (unpaired) electrons. The van der Waals surface area contributed by atoms with Crippen LogP contribution < -0.4 is 15.4 Å². The standard InChI is InChI=1S/C26H21F2N3O5/c1-26(18-9-13-20(14-10-18)36-24(27)28)23(34)31(25(35)30-26)15-21(32)16-7-11-19(12-8-16)29-22(33)17-5-3-2-4-6-17/h2-14,24H,15H2,1H3,(H,29,33)(H,30,35). The zero-order valence-corrected chi connectivity index (χ0v) is 19.0. The van der Waals surface area contributed by atoms with Crippen LogP contribution in [-0.4, -0.2) is 41.7 Å². The van der Waals surface area contributed by atoms with Crippen LogP contribution in [0.2, 0.25) is 0 Å². The Morgan fingerprint density at radius 3 is 2.19 bits per heavy atom. The quantitative estimate of drug-likeness (QED) is 0.362. The summed E-state index contributed by atoms with van der Waals surface area (Å²) in [4.78, 5) is 51.5. The van der Waals surface area contributed by atoms with Crippen LogP contribution in [0, 0.1) is 0 Å². The molecule has 8 nitrogen and oxygen atoms in total. The lowest BCUT2D eigenvalue weighted by Gasteiger charge is -2.22. The molecule has 3 aromatic carbocycles. The van der Waals surface area contributed by atoms with Gasteiger partial charge in [-0.1, -0.05) is 30.3 Å². The number of Topliss-reactive ketones (excluding diaryl/α,β-unsaturated/α-hetero) is 1. The number of nitrogens with zero attached hydrogens (tertiary/aromatic N) is 1. The van der Waals surface area contributed by atoms with Gasteiger partial charge < -0.3 is 15.4 Å². The number of hydrogen-bond acceptors (Lipinski definition) is 5. The van der Waals surface area contributed by atoms with E-state index in [2.05, 4.69) is 15.4 Å². The van der Waals surface area contributed by atoms with E-state index in [1.165, 1.54) is 43.3 Å². The molecule has 3 aromatic rings. The SMILES string of the molecule is CC1(c2ccc(OC(F)F)cc2)NC(=O)N(CC(=O)c2ccc(NC(=O)c3ccccc3)cc2)C1=O. The maximum absolute atomic E-state index is 13.1. The molecule has 4 rings (SSSR count). The average Bonchev–Trinajstić information content (AvgIpc) is 3.08. The Morgan fingerprint density at radius 1 is 0.944 bits per heavy atom. The van der Waals surface area contributed by atoms with Gasteiger partial charge in [0.05, 0.1) is 6.54 Å². The summed E-state index contributed by atoms with van der Waals surface area (Å²) in [5.41, 5.74) is 0.0655. The van der Waals surface area contributed by atoms with Crippen molar-refractivity contribution in [2.45, 2.75) is 19.1 Å². The van der Waals surface area contributed by atoms with Crippen LogP contribution in [0.5, 0.6) is 5.75 Å². The van der Waals surface area contributed by atoms with Gasteiger partial charge >= 0.3 is 12.6 Å². The van der Waals surface area contributed by atoms with Crippen LogP contribution >= 0.6 is 0 Å². The Labute approximate surface area is 204 Å². The summed E-state index contributed by atoms with van der Waals surface area (Å²) >= 11 is 0. The van der Waals surface area contributed by atoms with Crippen molar-refractivity contribution in [2.24, 2.45) is 0 Å². The largest absolute Gasteiger partial charge is 0.435 e. The minimum absolute atomic E-state index is 0.0930. The Morgan fingerprint density at radius 2 is 1.58 bits per heavy atom. The molecule has 0 saturated carbocycles. The molecular formula is C26H21F2N3O5. The number of amides is 4. The van der Waals surface area contributed by atoms with Crippen molar-refractivity contribution < 1.29 is 32.7 Å². The Balaban J connectivity index is 1.42. The third-order valence-electron chi connectivity index (χ3n) is 5.73. The fraction of sp³-hybridized carbons (Fsp3) is 0.154. The van der Waals surface area contributed by atoms with Gasteiger partial charge in [-0.15, -0.1) is 0 Å². The highest BCUT2D eigenvalue weighted by Crippen LogP contribution is 2.30. The molecule has 10 heteroatoms. The number of nitrogens with one attached hydrogen (secondary N) is 2. The van der Waals surface area contributed by atoms with Gasteiger partial charge in [0.25, 0.3) is 11.8 Å². The molecular weight excluding hydrogens is 472 g/mol. The van der Waals surface area contributed by atoms with Gasteiger partial charge in [0.1, 0.15) is 11.3 Å². The molecule has 0 aliphatic carbocycles. The van der Waals surface area contributed by atoms with Crippen molar-refractivity contribution >= 4 is 29.3 Å². The second-order valence-electron chi connectivity index (χ2n) is 8.17. The first kappa shape index (κ1) is 24.5. The summed E-state index contributed by atoms with van der Waals surface area (Å²) in [6.45, 7) is -2.03. The zero-order valence-electron chi connectivity index (χ0n) is 19.0. The third kappa shape index (κ3) is 5.07. The van der Waals surface area contributed by atoms with Gasteiger partial charge in [-0.3, -0.25) is 19.3 Å². The number of alkyl halides is 2. The van der Waals surface area contributed by atoms with E-state index in [9.17, 15) is 28.0 Å². The molecule has 4 amide bonds. The first-order chi connectivity index (χ1) is 17.2. The second-order valence-corrected chi connectivity index (χ2v) is 8.17. The first-order valence-electron chi connectivity index (χ1n) is 10.9. The Bertz CT molecular complexity index is 1300. The predicted octanol–water partition coefficient (Wildman–Crippen LogP) is 4.19. The molecule has 1 aliphatic rings. The topological polar surface area (TPSA) is 105 Å². The van der Waals surface area contributed by atoms with Crippen molar-refractivity contribution in [3.63, 3.8) is 0 Å². The summed E-state index contributed by atoms with van der Waals surface area (Å²) in [7, 11) is 0. The van der Waals surface area contributed by atoms with Crippen molar-refractivity contribution in [3.05, 3.63) is 95.6 Å². The number of carbonyl (C=O) groups is 4. The number of carbonyl (C=O) groups excluding carboxylic acids is 4. The normalized spacial score (nSPS) is 17.2. The zero-order chi connectivity index (χ0) is 25.9. The smallest absolute Gasteiger partial charge is 0.387 e. The summed E-state index contributed by atoms with van der Waals surface area (Å²) in [6, 6.07) is 19.3. The highest BCUT2D eigenvalue weighted by Gasteiger charge is 2.49. The number of rotatable bonds is 8.